The molecule has 4 N–H and O–H groups in total. The van der Waals surface area contributed by atoms with E-state index >= 15 is 0 Å². The number of para-hydroxylation sites is 1. The van der Waals surface area contributed by atoms with E-state index in [1.165, 1.54) is 0 Å². The number of rotatable bonds is 7. The Morgan fingerprint density at radius 2 is 1.75 bits per heavy atom. The summed E-state index contributed by atoms with van der Waals surface area (Å²) in [5, 5.41) is 27.5. The highest BCUT2D eigenvalue weighted by Gasteiger charge is 2.29. The van der Waals surface area contributed by atoms with Crippen molar-refractivity contribution < 1.29 is 19.8 Å². The zero-order valence-corrected chi connectivity index (χ0v) is 21.6. The Bertz CT molecular complexity index is 1160. The van der Waals surface area contributed by atoms with Gasteiger partial charge in [-0.05, 0) is 66.8 Å². The molecule has 0 radical (unpaired) electrons. The molecule has 8 nitrogen and oxygen atoms in total. The molecular formula is C28H36N4O4. The fourth-order valence-corrected chi connectivity index (χ4v) is 4.44. The van der Waals surface area contributed by atoms with E-state index in [2.05, 4.69) is 41.6 Å². The summed E-state index contributed by atoms with van der Waals surface area (Å²) in [6.45, 7) is 8.07. The van der Waals surface area contributed by atoms with E-state index in [0.717, 1.165) is 18.4 Å². The van der Waals surface area contributed by atoms with Crippen molar-refractivity contribution in [3.8, 4) is 5.75 Å². The number of hydrogen-bond acceptors (Lipinski definition) is 6. The molecule has 0 aliphatic heterocycles. The topological polar surface area (TPSA) is 123 Å². The molecule has 3 rings (SSSR count). The molecule has 1 amide bonds. The van der Waals surface area contributed by atoms with Crippen molar-refractivity contribution >= 4 is 34.7 Å². The maximum atomic E-state index is 13.0. The lowest BCUT2D eigenvalue weighted by molar-refractivity contribution is -0.143. The number of hydrogen-bond donors (Lipinski definition) is 4. The van der Waals surface area contributed by atoms with Gasteiger partial charge in [0.1, 0.15) is 5.75 Å². The molecule has 1 aliphatic rings. The fourth-order valence-electron chi connectivity index (χ4n) is 4.44. The minimum absolute atomic E-state index is 0.00718. The predicted molar refractivity (Wildman–Crippen MR) is 144 cm³/mol. The Balaban J connectivity index is 1.80. The number of carboxylic acid groups (broad SMARTS) is 1. The predicted octanol–water partition coefficient (Wildman–Crippen LogP) is 5.55. The molecular weight excluding hydrogens is 456 g/mol. The van der Waals surface area contributed by atoms with Crippen molar-refractivity contribution in [3.05, 3.63) is 53.6 Å². The van der Waals surface area contributed by atoms with Gasteiger partial charge in [0, 0.05) is 12.7 Å². The Morgan fingerprint density at radius 3 is 2.36 bits per heavy atom. The van der Waals surface area contributed by atoms with Crippen molar-refractivity contribution in [3.63, 3.8) is 0 Å². The van der Waals surface area contributed by atoms with Crippen LogP contribution in [0.2, 0.25) is 0 Å². The first kappa shape index (κ1) is 26.9. The molecule has 2 aromatic rings. The molecule has 0 heterocycles. The van der Waals surface area contributed by atoms with Crippen LogP contribution in [0, 0.1) is 5.92 Å². The number of aliphatic carboxylic acids is 1. The van der Waals surface area contributed by atoms with E-state index in [9.17, 15) is 19.8 Å². The van der Waals surface area contributed by atoms with Crippen LogP contribution in [0.1, 0.15) is 70.4 Å². The first-order valence-corrected chi connectivity index (χ1v) is 12.2. The average Bonchev–Trinajstić information content (AvgIpc) is 2.84. The summed E-state index contributed by atoms with van der Waals surface area (Å²) in [5.41, 5.74) is 6.17. The van der Waals surface area contributed by atoms with Gasteiger partial charge in [-0.25, -0.2) is 0 Å². The molecule has 0 saturated heterocycles. The van der Waals surface area contributed by atoms with Crippen LogP contribution in [0.3, 0.4) is 0 Å². The van der Waals surface area contributed by atoms with Gasteiger partial charge in [-0.1, -0.05) is 51.5 Å². The Kier molecular flexibility index (Phi) is 8.50. The first-order valence-electron chi connectivity index (χ1n) is 12.2. The Hall–Kier alpha value is -3.68. The third-order valence-electron chi connectivity index (χ3n) is 6.72. The van der Waals surface area contributed by atoms with Crippen LogP contribution in [-0.4, -0.2) is 40.6 Å². The highest BCUT2D eigenvalue weighted by molar-refractivity contribution is 6.68. The lowest BCUT2D eigenvalue weighted by Crippen LogP contribution is -2.29. The molecule has 2 aromatic carbocycles. The van der Waals surface area contributed by atoms with Gasteiger partial charge in [-0.15, -0.1) is 0 Å². The number of aromatic hydroxyl groups is 1. The fraction of sp³-hybridized carbons (Fsp3) is 0.429. The third-order valence-corrected chi connectivity index (χ3v) is 6.72. The highest BCUT2D eigenvalue weighted by Crippen LogP contribution is 2.42. The quantitative estimate of drug-likeness (QED) is 0.229. The smallest absolute Gasteiger partial charge is 0.306 e. The number of anilines is 2. The van der Waals surface area contributed by atoms with Crippen LogP contribution < -0.4 is 10.7 Å². The molecule has 1 aliphatic carbocycles. The van der Waals surface area contributed by atoms with Crippen molar-refractivity contribution in [1.29, 1.82) is 0 Å². The second-order valence-electron chi connectivity index (χ2n) is 10.3. The van der Waals surface area contributed by atoms with Crippen molar-refractivity contribution in [2.75, 3.05) is 17.8 Å². The lowest BCUT2D eigenvalue weighted by Gasteiger charge is -2.27. The number of benzene rings is 2. The summed E-state index contributed by atoms with van der Waals surface area (Å²) in [7, 11) is 1.58. The molecule has 192 valence electrons. The number of carbonyl (C=O) groups excluding carboxylic acids is 1. The van der Waals surface area contributed by atoms with Gasteiger partial charge < -0.3 is 15.5 Å². The number of nitrogens with one attached hydrogen (secondary N) is 2. The standard InChI is InChI=1S/C28H36N4O4/c1-17(29-5)24(26(34)30-21-14-12-20(13-15-21)28(2,3)4)32-31-23-11-7-10-22(25(23)33)18-8-6-9-19(16-18)27(35)36/h7,10-15,18-19,31,33H,6,8-9,16H2,1-5H3,(H,30,34)(H,35,36)/b29-17-,32-24-. The van der Waals surface area contributed by atoms with E-state index in [4.69, 9.17) is 0 Å². The van der Waals surface area contributed by atoms with E-state index in [0.29, 0.717) is 35.5 Å². The number of amides is 1. The van der Waals surface area contributed by atoms with Crippen LogP contribution in [0.5, 0.6) is 5.75 Å². The minimum Gasteiger partial charge on any atom is -0.505 e. The average molecular weight is 493 g/mol. The number of nitrogens with zero attached hydrogens (tertiary/aromatic N) is 2. The summed E-state index contributed by atoms with van der Waals surface area (Å²) < 4.78 is 0. The SMILES string of the molecule is C/N=C(C)\C(=N\Nc1cccc(C2CCCC(C(=O)O)C2)c1O)C(=O)Nc1ccc(C(C)(C)C)cc1. The lowest BCUT2D eigenvalue weighted by atomic mass is 9.77. The van der Waals surface area contributed by atoms with Gasteiger partial charge in [-0.3, -0.25) is 20.0 Å². The molecule has 0 aromatic heterocycles. The summed E-state index contributed by atoms with van der Waals surface area (Å²) in [6, 6.07) is 12.9. The Labute approximate surface area is 212 Å². The molecule has 8 heteroatoms. The monoisotopic (exact) mass is 492 g/mol. The van der Waals surface area contributed by atoms with Crippen LogP contribution in [0.25, 0.3) is 0 Å². The molecule has 2 atom stereocenters. The van der Waals surface area contributed by atoms with Crippen LogP contribution >= 0.6 is 0 Å². The summed E-state index contributed by atoms with van der Waals surface area (Å²) in [5.74, 6) is -1.67. The second kappa shape index (κ2) is 11.4. The maximum Gasteiger partial charge on any atom is 0.306 e. The molecule has 2 unspecified atom stereocenters. The Morgan fingerprint density at radius 1 is 1.06 bits per heavy atom. The van der Waals surface area contributed by atoms with Gasteiger partial charge in [0.15, 0.2) is 5.71 Å². The largest absolute Gasteiger partial charge is 0.505 e. The van der Waals surface area contributed by atoms with E-state index in [1.807, 2.05) is 30.3 Å². The van der Waals surface area contributed by atoms with Gasteiger partial charge in [0.05, 0.1) is 17.3 Å². The zero-order valence-electron chi connectivity index (χ0n) is 21.6. The van der Waals surface area contributed by atoms with Crippen molar-refractivity contribution in [1.82, 2.24) is 0 Å². The molecule has 1 saturated carbocycles. The number of phenolic OH excluding ortho intramolecular Hbond substituents is 1. The molecule has 0 bridgehead atoms. The molecule has 0 spiro atoms. The first-order chi connectivity index (χ1) is 17.0. The second-order valence-corrected chi connectivity index (χ2v) is 10.3. The van der Waals surface area contributed by atoms with E-state index in [1.54, 1.807) is 26.1 Å². The maximum absolute atomic E-state index is 13.0. The molecule has 1 fully saturated rings. The summed E-state index contributed by atoms with van der Waals surface area (Å²) in [6.07, 6.45) is 2.75. The number of carbonyl (C=O) groups is 2. The number of phenols is 1. The minimum atomic E-state index is -0.795. The summed E-state index contributed by atoms with van der Waals surface area (Å²) >= 11 is 0. The van der Waals surface area contributed by atoms with Gasteiger partial charge >= 0.3 is 5.97 Å². The van der Waals surface area contributed by atoms with Crippen LogP contribution in [-0.2, 0) is 15.0 Å². The summed E-state index contributed by atoms with van der Waals surface area (Å²) in [4.78, 5) is 28.6. The van der Waals surface area contributed by atoms with E-state index < -0.39 is 17.8 Å². The highest BCUT2D eigenvalue weighted by atomic mass is 16.4. The van der Waals surface area contributed by atoms with Crippen LogP contribution in [0.15, 0.2) is 52.6 Å². The number of hydrazone groups is 1. The van der Waals surface area contributed by atoms with Gasteiger partial charge in [0.2, 0.25) is 0 Å². The van der Waals surface area contributed by atoms with Crippen LogP contribution in [0.4, 0.5) is 11.4 Å². The normalized spacial score (nSPS) is 19.0. The zero-order chi connectivity index (χ0) is 26.5. The van der Waals surface area contributed by atoms with Gasteiger partial charge in [-0.2, -0.15) is 5.10 Å². The van der Waals surface area contributed by atoms with Crippen molar-refractivity contribution in [2.45, 2.75) is 64.7 Å². The number of aliphatic imine (C=N–C) groups is 1. The van der Waals surface area contributed by atoms with E-state index in [-0.39, 0.29) is 22.8 Å². The number of carboxylic acids is 1. The molecule has 36 heavy (non-hydrogen) atoms. The third kappa shape index (κ3) is 6.50. The van der Waals surface area contributed by atoms with Crippen molar-refractivity contribution in [2.24, 2.45) is 16.0 Å². The van der Waals surface area contributed by atoms with Gasteiger partial charge in [0.25, 0.3) is 5.91 Å².